The van der Waals surface area contributed by atoms with Crippen LogP contribution in [0.3, 0.4) is 0 Å². The zero-order valence-electron chi connectivity index (χ0n) is 9.89. The number of hydrogen-bond donors (Lipinski definition) is 0. The molecule has 0 saturated carbocycles. The Morgan fingerprint density at radius 2 is 1.71 bits per heavy atom. The second-order valence-electron chi connectivity index (χ2n) is 3.82. The maximum Gasteiger partial charge on any atom is -0.0242 e. The minimum Gasteiger partial charge on any atom is -0.0843 e. The molecule has 0 aromatic rings. The monoisotopic (exact) mass is 193 g/mol. The van der Waals surface area contributed by atoms with Crippen molar-refractivity contribution in [3.63, 3.8) is 0 Å². The second kappa shape index (κ2) is 10.6. The van der Waals surface area contributed by atoms with E-state index in [4.69, 9.17) is 0 Å². The first-order valence-corrected chi connectivity index (χ1v) is 5.99. The van der Waals surface area contributed by atoms with Gasteiger partial charge in [-0.05, 0) is 26.2 Å². The fraction of sp³-hybridized carbons (Fsp3) is 0.643. The fourth-order valence-electron chi connectivity index (χ4n) is 1.31. The molecule has 0 N–H and O–H groups in total. The van der Waals surface area contributed by atoms with Gasteiger partial charge < -0.3 is 0 Å². The van der Waals surface area contributed by atoms with Crippen molar-refractivity contribution in [3.05, 3.63) is 30.7 Å². The van der Waals surface area contributed by atoms with Crippen molar-refractivity contribution in [3.8, 4) is 0 Å². The van der Waals surface area contributed by atoms with E-state index in [9.17, 15) is 0 Å². The molecule has 0 aromatic heterocycles. The van der Waals surface area contributed by atoms with E-state index in [1.165, 1.54) is 50.5 Å². The highest BCUT2D eigenvalue weighted by molar-refractivity contribution is 5.21. The summed E-state index contributed by atoms with van der Waals surface area (Å²) >= 11 is 0. The lowest BCUT2D eigenvalue weighted by molar-refractivity contribution is 0.728. The van der Waals surface area contributed by atoms with Crippen molar-refractivity contribution >= 4 is 0 Å². The molecule has 1 radical (unpaired) electrons. The van der Waals surface area contributed by atoms with Crippen LogP contribution in [0, 0.1) is 6.92 Å². The van der Waals surface area contributed by atoms with Crippen LogP contribution in [0.15, 0.2) is 23.8 Å². The van der Waals surface area contributed by atoms with E-state index in [0.29, 0.717) is 0 Å². The van der Waals surface area contributed by atoms with Crippen LogP contribution in [-0.4, -0.2) is 0 Å². The molecule has 0 aliphatic rings. The normalized spacial score (nSPS) is 12.6. The van der Waals surface area contributed by atoms with E-state index >= 15 is 0 Å². The Morgan fingerprint density at radius 3 is 2.36 bits per heavy atom. The van der Waals surface area contributed by atoms with E-state index < -0.39 is 0 Å². The van der Waals surface area contributed by atoms with E-state index in [2.05, 4.69) is 39.0 Å². The lowest BCUT2D eigenvalue weighted by Crippen LogP contribution is -1.75. The Labute approximate surface area is 90.1 Å². The van der Waals surface area contributed by atoms with E-state index in [-0.39, 0.29) is 0 Å². The topological polar surface area (TPSA) is 0 Å². The first-order valence-electron chi connectivity index (χ1n) is 5.99. The van der Waals surface area contributed by atoms with Gasteiger partial charge in [-0.15, -0.1) is 0 Å². The minimum absolute atomic E-state index is 1.18. The zero-order valence-corrected chi connectivity index (χ0v) is 9.89. The van der Waals surface area contributed by atoms with Gasteiger partial charge in [-0.3, -0.25) is 0 Å². The summed E-state index contributed by atoms with van der Waals surface area (Å²) in [7, 11) is 0. The molecule has 0 aliphatic heterocycles. The molecule has 0 unspecified atom stereocenters. The quantitative estimate of drug-likeness (QED) is 0.373. The zero-order chi connectivity index (χ0) is 10.6. The molecule has 0 rings (SSSR count). The Bertz CT molecular complexity index is 163. The van der Waals surface area contributed by atoms with Crippen LogP contribution in [-0.2, 0) is 0 Å². The Hall–Kier alpha value is -0.520. The van der Waals surface area contributed by atoms with Crippen molar-refractivity contribution in [2.75, 3.05) is 0 Å². The van der Waals surface area contributed by atoms with E-state index in [1.807, 2.05) is 0 Å². The molecule has 0 nitrogen and oxygen atoms in total. The van der Waals surface area contributed by atoms with Crippen LogP contribution >= 0.6 is 0 Å². The molecule has 0 amide bonds. The first kappa shape index (κ1) is 13.5. The summed E-state index contributed by atoms with van der Waals surface area (Å²) in [5.74, 6) is 0. The third-order valence-electron chi connectivity index (χ3n) is 2.27. The number of allylic oxidation sites excluding steroid dienone is 4. The fourth-order valence-corrected chi connectivity index (χ4v) is 1.31. The maximum absolute atomic E-state index is 4.01. The van der Waals surface area contributed by atoms with Gasteiger partial charge in [0, 0.05) is 0 Å². The Balaban J connectivity index is 3.49. The average molecular weight is 193 g/mol. The predicted molar refractivity (Wildman–Crippen MR) is 66.2 cm³/mol. The Morgan fingerprint density at radius 1 is 1.00 bits per heavy atom. The largest absolute Gasteiger partial charge is 0.0843 e. The van der Waals surface area contributed by atoms with Gasteiger partial charge in [0.1, 0.15) is 0 Å². The summed E-state index contributed by atoms with van der Waals surface area (Å²) < 4.78 is 0. The molecule has 0 atom stereocenters. The molecule has 0 saturated heterocycles. The highest BCUT2D eigenvalue weighted by atomic mass is 13.9. The van der Waals surface area contributed by atoms with Gasteiger partial charge in [0.05, 0.1) is 0 Å². The second-order valence-corrected chi connectivity index (χ2v) is 3.82. The third-order valence-corrected chi connectivity index (χ3v) is 2.27. The lowest BCUT2D eigenvalue weighted by atomic mass is 10.1. The molecule has 0 bridgehead atoms. The van der Waals surface area contributed by atoms with E-state index in [0.717, 1.165) is 0 Å². The molecular weight excluding hydrogens is 168 g/mol. The maximum atomic E-state index is 4.01. The van der Waals surface area contributed by atoms with Gasteiger partial charge in [-0.1, -0.05) is 63.3 Å². The van der Waals surface area contributed by atoms with Crippen LogP contribution in [0.4, 0.5) is 0 Å². The minimum atomic E-state index is 1.18. The highest BCUT2D eigenvalue weighted by Gasteiger charge is 1.85. The number of rotatable bonds is 8. The van der Waals surface area contributed by atoms with Crippen molar-refractivity contribution in [1.82, 2.24) is 0 Å². The summed E-state index contributed by atoms with van der Waals surface area (Å²) in [4.78, 5) is 0. The lowest BCUT2D eigenvalue weighted by Gasteiger charge is -1.94. The highest BCUT2D eigenvalue weighted by Crippen LogP contribution is 2.05. The molecular formula is C14H25. The van der Waals surface area contributed by atoms with Crippen molar-refractivity contribution in [1.29, 1.82) is 0 Å². The van der Waals surface area contributed by atoms with Gasteiger partial charge in [0.2, 0.25) is 0 Å². The molecule has 0 aromatic carbocycles. The third kappa shape index (κ3) is 9.57. The number of unbranched alkanes of at least 4 members (excludes halogenated alkanes) is 5. The van der Waals surface area contributed by atoms with Crippen molar-refractivity contribution in [2.45, 2.75) is 58.8 Å². The number of hydrogen-bond acceptors (Lipinski definition) is 0. The summed E-state index contributed by atoms with van der Waals surface area (Å²) in [6.07, 6.45) is 15.5. The van der Waals surface area contributed by atoms with Gasteiger partial charge in [-0.25, -0.2) is 0 Å². The molecule has 0 aliphatic carbocycles. The first-order chi connectivity index (χ1) is 6.81. The average Bonchev–Trinajstić information content (AvgIpc) is 2.19. The smallest absolute Gasteiger partial charge is 0.0242 e. The standard InChI is InChI=1S/C14H25/c1-4-6-8-10-12-14(3)13-11-9-7-5-2/h10,12-13H,3-9,11H2,1-2H3. The molecule has 0 spiro atoms. The van der Waals surface area contributed by atoms with Crippen LogP contribution in [0.5, 0.6) is 0 Å². The van der Waals surface area contributed by atoms with Gasteiger partial charge in [0.25, 0.3) is 0 Å². The van der Waals surface area contributed by atoms with Crippen LogP contribution in [0.1, 0.15) is 58.8 Å². The van der Waals surface area contributed by atoms with Gasteiger partial charge in [0.15, 0.2) is 0 Å². The van der Waals surface area contributed by atoms with Crippen LogP contribution < -0.4 is 0 Å². The summed E-state index contributed by atoms with van der Waals surface area (Å²) in [5, 5.41) is 0. The van der Waals surface area contributed by atoms with Crippen molar-refractivity contribution < 1.29 is 0 Å². The predicted octanol–water partition coefficient (Wildman–Crippen LogP) is 5.07. The van der Waals surface area contributed by atoms with Gasteiger partial charge >= 0.3 is 0 Å². The SMILES string of the molecule is [CH2]C(C=CCCCC)=CCCCCC. The molecule has 14 heavy (non-hydrogen) atoms. The summed E-state index contributed by atoms with van der Waals surface area (Å²) in [6, 6.07) is 0. The molecule has 0 heteroatoms. The van der Waals surface area contributed by atoms with Crippen LogP contribution in [0.2, 0.25) is 0 Å². The van der Waals surface area contributed by atoms with E-state index in [1.54, 1.807) is 0 Å². The summed E-state index contributed by atoms with van der Waals surface area (Å²) in [6.45, 7) is 8.46. The summed E-state index contributed by atoms with van der Waals surface area (Å²) in [5.41, 5.74) is 1.18. The van der Waals surface area contributed by atoms with Crippen molar-refractivity contribution in [2.24, 2.45) is 0 Å². The van der Waals surface area contributed by atoms with Gasteiger partial charge in [-0.2, -0.15) is 0 Å². The molecule has 81 valence electrons. The van der Waals surface area contributed by atoms with Crippen LogP contribution in [0.25, 0.3) is 0 Å². The Kier molecular flexibility index (Phi) is 10.2. The molecule has 0 heterocycles. The molecule has 0 fully saturated rings.